The Morgan fingerprint density at radius 1 is 1.10 bits per heavy atom. The van der Waals surface area contributed by atoms with Crippen LogP contribution in [-0.4, -0.2) is 34.5 Å². The lowest BCUT2D eigenvalue weighted by Gasteiger charge is -2.08. The third kappa shape index (κ3) is 3.58. The van der Waals surface area contributed by atoms with E-state index in [1.807, 2.05) is 34.3 Å². The van der Waals surface area contributed by atoms with E-state index < -0.39 is 0 Å². The van der Waals surface area contributed by atoms with Gasteiger partial charge in [0.1, 0.15) is 0 Å². The third-order valence-electron chi connectivity index (χ3n) is 4.60. The number of thiazole rings is 1. The SMILES string of the molecule is O=C(CNC(=O)c1ccc2c(c1)OCO2)Nc1ccc(-c2cn3ccsc3n2)cc1. The predicted molar refractivity (Wildman–Crippen MR) is 112 cm³/mol. The smallest absolute Gasteiger partial charge is 0.251 e. The van der Waals surface area contributed by atoms with Gasteiger partial charge >= 0.3 is 0 Å². The number of carbonyl (C=O) groups excluding carboxylic acids is 2. The molecule has 0 unspecified atom stereocenters. The van der Waals surface area contributed by atoms with E-state index in [0.29, 0.717) is 22.7 Å². The van der Waals surface area contributed by atoms with E-state index in [9.17, 15) is 9.59 Å². The number of carbonyl (C=O) groups is 2. The lowest BCUT2D eigenvalue weighted by molar-refractivity contribution is -0.115. The average Bonchev–Trinajstić information content (AvgIpc) is 3.48. The summed E-state index contributed by atoms with van der Waals surface area (Å²) in [6, 6.07) is 12.3. The minimum atomic E-state index is -0.362. The zero-order valence-corrected chi connectivity index (χ0v) is 16.4. The maximum Gasteiger partial charge on any atom is 0.251 e. The lowest BCUT2D eigenvalue weighted by Crippen LogP contribution is -2.32. The van der Waals surface area contributed by atoms with Gasteiger partial charge in [-0.05, 0) is 30.3 Å². The van der Waals surface area contributed by atoms with Crippen LogP contribution in [0.2, 0.25) is 0 Å². The Bertz CT molecular complexity index is 1220. The summed E-state index contributed by atoms with van der Waals surface area (Å²) in [5, 5.41) is 7.35. The zero-order valence-electron chi connectivity index (χ0n) is 15.6. The van der Waals surface area contributed by atoms with Gasteiger partial charge in [-0.3, -0.25) is 14.0 Å². The molecule has 1 aliphatic heterocycles. The molecule has 5 rings (SSSR count). The molecule has 2 amide bonds. The van der Waals surface area contributed by atoms with Crippen LogP contribution in [-0.2, 0) is 4.79 Å². The molecule has 0 atom stereocenters. The minimum absolute atomic E-state index is 0.140. The molecule has 150 valence electrons. The van der Waals surface area contributed by atoms with E-state index >= 15 is 0 Å². The van der Waals surface area contributed by atoms with Gasteiger partial charge in [0.15, 0.2) is 16.5 Å². The Morgan fingerprint density at radius 3 is 2.77 bits per heavy atom. The fraction of sp³-hybridized carbons (Fsp3) is 0.0952. The Labute approximate surface area is 175 Å². The molecule has 0 saturated carbocycles. The first-order chi connectivity index (χ1) is 14.7. The molecule has 2 aromatic heterocycles. The van der Waals surface area contributed by atoms with Crippen molar-refractivity contribution >= 4 is 33.8 Å². The van der Waals surface area contributed by atoms with E-state index in [1.54, 1.807) is 41.7 Å². The fourth-order valence-corrected chi connectivity index (χ4v) is 3.80. The van der Waals surface area contributed by atoms with Crippen LogP contribution < -0.4 is 20.1 Å². The maximum absolute atomic E-state index is 12.3. The molecule has 0 aliphatic carbocycles. The summed E-state index contributed by atoms with van der Waals surface area (Å²) in [5.74, 6) is 0.436. The average molecular weight is 420 g/mol. The second kappa shape index (κ2) is 7.53. The molecule has 0 fully saturated rings. The van der Waals surface area contributed by atoms with Gasteiger partial charge in [-0.25, -0.2) is 4.98 Å². The molecule has 8 nitrogen and oxygen atoms in total. The number of imidazole rings is 1. The molecule has 2 aromatic carbocycles. The van der Waals surface area contributed by atoms with Crippen molar-refractivity contribution < 1.29 is 19.1 Å². The first-order valence-electron chi connectivity index (χ1n) is 9.16. The number of nitrogens with one attached hydrogen (secondary N) is 2. The van der Waals surface area contributed by atoms with Crippen molar-refractivity contribution in [3.05, 3.63) is 65.8 Å². The molecule has 0 spiro atoms. The summed E-state index contributed by atoms with van der Waals surface area (Å²) in [7, 11) is 0. The fourth-order valence-electron chi connectivity index (χ4n) is 3.10. The molecule has 30 heavy (non-hydrogen) atoms. The quantitative estimate of drug-likeness (QED) is 0.517. The van der Waals surface area contributed by atoms with Crippen molar-refractivity contribution in [3.63, 3.8) is 0 Å². The highest BCUT2D eigenvalue weighted by Gasteiger charge is 2.16. The van der Waals surface area contributed by atoms with E-state index in [1.165, 1.54) is 0 Å². The minimum Gasteiger partial charge on any atom is -0.454 e. The van der Waals surface area contributed by atoms with Gasteiger partial charge < -0.3 is 20.1 Å². The van der Waals surface area contributed by atoms with E-state index in [-0.39, 0.29) is 25.2 Å². The van der Waals surface area contributed by atoms with Crippen LogP contribution >= 0.6 is 11.3 Å². The van der Waals surface area contributed by atoms with E-state index in [0.717, 1.165) is 16.2 Å². The Hall–Kier alpha value is -3.85. The van der Waals surface area contributed by atoms with Crippen molar-refractivity contribution in [2.24, 2.45) is 0 Å². The van der Waals surface area contributed by atoms with Crippen LogP contribution in [0.3, 0.4) is 0 Å². The van der Waals surface area contributed by atoms with Crippen molar-refractivity contribution in [2.45, 2.75) is 0 Å². The highest BCUT2D eigenvalue weighted by molar-refractivity contribution is 7.15. The number of hydrogen-bond acceptors (Lipinski definition) is 6. The normalized spacial score (nSPS) is 12.1. The predicted octanol–water partition coefficient (Wildman–Crippen LogP) is 3.16. The summed E-state index contributed by atoms with van der Waals surface area (Å²) in [6.45, 7) is -0.00693. The van der Waals surface area contributed by atoms with Gasteiger partial charge in [-0.1, -0.05) is 12.1 Å². The molecule has 1 aliphatic rings. The van der Waals surface area contributed by atoms with E-state index in [4.69, 9.17) is 9.47 Å². The van der Waals surface area contributed by atoms with Crippen LogP contribution in [0.4, 0.5) is 5.69 Å². The van der Waals surface area contributed by atoms with Crippen LogP contribution in [0.1, 0.15) is 10.4 Å². The van der Waals surface area contributed by atoms with Crippen molar-refractivity contribution in [3.8, 4) is 22.8 Å². The summed E-state index contributed by atoms with van der Waals surface area (Å²) >= 11 is 1.57. The van der Waals surface area contributed by atoms with Gasteiger partial charge in [0.25, 0.3) is 5.91 Å². The highest BCUT2D eigenvalue weighted by atomic mass is 32.1. The number of rotatable bonds is 5. The summed E-state index contributed by atoms with van der Waals surface area (Å²) in [6.07, 6.45) is 3.92. The molecule has 0 bridgehead atoms. The number of aromatic nitrogens is 2. The molecule has 0 saturated heterocycles. The monoisotopic (exact) mass is 420 g/mol. The second-order valence-corrected chi connectivity index (χ2v) is 7.47. The lowest BCUT2D eigenvalue weighted by atomic mass is 10.1. The molecular formula is C21H16N4O4S. The number of nitrogens with zero attached hydrogens (tertiary/aromatic N) is 2. The number of benzene rings is 2. The van der Waals surface area contributed by atoms with Gasteiger partial charge in [0.05, 0.1) is 12.2 Å². The highest BCUT2D eigenvalue weighted by Crippen LogP contribution is 2.32. The zero-order chi connectivity index (χ0) is 20.5. The number of anilines is 1. The van der Waals surface area contributed by atoms with Crippen molar-refractivity contribution in [2.75, 3.05) is 18.7 Å². The van der Waals surface area contributed by atoms with Gasteiger partial charge in [-0.2, -0.15) is 0 Å². The standard InChI is InChI=1S/C21H16N4O4S/c26-19(10-22-20(27)14-3-6-17-18(9-14)29-12-28-17)23-15-4-1-13(2-5-15)16-11-25-7-8-30-21(25)24-16/h1-9,11H,10,12H2,(H,22,27)(H,23,26). The molecule has 0 radical (unpaired) electrons. The van der Waals surface area contributed by atoms with Crippen LogP contribution in [0.15, 0.2) is 60.2 Å². The summed E-state index contributed by atoms with van der Waals surface area (Å²) < 4.78 is 12.5. The van der Waals surface area contributed by atoms with Gasteiger partial charge in [0.2, 0.25) is 12.7 Å². The number of ether oxygens (including phenoxy) is 2. The van der Waals surface area contributed by atoms with Crippen molar-refractivity contribution in [1.82, 2.24) is 14.7 Å². The summed E-state index contributed by atoms with van der Waals surface area (Å²) in [5.41, 5.74) is 2.87. The third-order valence-corrected chi connectivity index (χ3v) is 5.37. The van der Waals surface area contributed by atoms with Gasteiger partial charge in [0, 0.05) is 34.6 Å². The van der Waals surface area contributed by atoms with Crippen LogP contribution in [0.25, 0.3) is 16.2 Å². The Morgan fingerprint density at radius 2 is 1.93 bits per heavy atom. The molecule has 2 N–H and O–H groups in total. The molecule has 4 aromatic rings. The first-order valence-corrected chi connectivity index (χ1v) is 10.0. The number of fused-ring (bicyclic) bond motifs is 2. The molecular weight excluding hydrogens is 404 g/mol. The molecule has 3 heterocycles. The number of hydrogen-bond donors (Lipinski definition) is 2. The maximum atomic E-state index is 12.3. The van der Waals surface area contributed by atoms with Crippen LogP contribution in [0, 0.1) is 0 Å². The van der Waals surface area contributed by atoms with Gasteiger partial charge in [-0.15, -0.1) is 11.3 Å². The second-order valence-electron chi connectivity index (χ2n) is 6.60. The van der Waals surface area contributed by atoms with E-state index in [2.05, 4.69) is 15.6 Å². The topological polar surface area (TPSA) is 94.0 Å². The van der Waals surface area contributed by atoms with Crippen molar-refractivity contribution in [1.29, 1.82) is 0 Å². The Kier molecular flexibility index (Phi) is 4.56. The summed E-state index contributed by atoms with van der Waals surface area (Å²) in [4.78, 5) is 29.9. The number of amides is 2. The largest absolute Gasteiger partial charge is 0.454 e. The first kappa shape index (κ1) is 18.2. The molecule has 9 heteroatoms. The Balaban J connectivity index is 1.17. The van der Waals surface area contributed by atoms with Crippen LogP contribution in [0.5, 0.6) is 11.5 Å².